The third-order valence-corrected chi connectivity index (χ3v) is 7.92. The number of hydrogen-bond donors (Lipinski definition) is 2. The van der Waals surface area contributed by atoms with Crippen LogP contribution in [0.5, 0.6) is 0 Å². The molecule has 0 saturated heterocycles. The Balaban J connectivity index is 1.86. The Bertz CT molecular complexity index is 774. The van der Waals surface area contributed by atoms with E-state index >= 15 is 0 Å². The Morgan fingerprint density at radius 3 is 1.62 bits per heavy atom. The summed E-state index contributed by atoms with van der Waals surface area (Å²) in [6, 6.07) is 0. The SMILES string of the molecule is O=C(CCC1=CC=CC(SCCO)([N+](=O)[O-])C1)CCC1=CC=CC(SCCO)([N+](=O)[O-])C1. The van der Waals surface area contributed by atoms with E-state index in [0.29, 0.717) is 12.8 Å². The van der Waals surface area contributed by atoms with E-state index in [-0.39, 0.29) is 66.0 Å². The third-order valence-electron chi connectivity index (χ3n) is 5.29. The van der Waals surface area contributed by atoms with Crippen molar-refractivity contribution in [2.45, 2.75) is 48.3 Å². The van der Waals surface area contributed by atoms with Crippen LogP contribution in [0, 0.1) is 20.2 Å². The quantitative estimate of drug-likeness (QED) is 0.215. The normalized spacial score (nSPS) is 24.7. The lowest BCUT2D eigenvalue weighted by Gasteiger charge is -2.25. The summed E-state index contributed by atoms with van der Waals surface area (Å²) in [6.07, 6.45) is 11.6. The molecule has 2 aliphatic rings. The zero-order valence-corrected chi connectivity index (χ0v) is 19.3. The van der Waals surface area contributed by atoms with Crippen molar-refractivity contribution >= 4 is 29.3 Å². The number of nitro groups is 2. The lowest BCUT2D eigenvalue weighted by molar-refractivity contribution is -0.524. The van der Waals surface area contributed by atoms with Gasteiger partial charge in [0.2, 0.25) is 0 Å². The molecule has 0 heterocycles. The molecule has 32 heavy (non-hydrogen) atoms. The smallest absolute Gasteiger partial charge is 0.289 e. The second-order valence-electron chi connectivity index (χ2n) is 7.61. The molecule has 0 amide bonds. The second kappa shape index (κ2) is 12.3. The number of aliphatic hydroxyl groups excluding tert-OH is 2. The molecule has 0 fully saturated rings. The van der Waals surface area contributed by atoms with E-state index in [0.717, 1.165) is 34.7 Å². The molecule has 0 aromatic carbocycles. The van der Waals surface area contributed by atoms with Crippen molar-refractivity contribution in [1.29, 1.82) is 0 Å². The van der Waals surface area contributed by atoms with E-state index in [9.17, 15) is 25.0 Å². The van der Waals surface area contributed by atoms with Gasteiger partial charge in [0.1, 0.15) is 5.78 Å². The number of allylic oxidation sites excluding steroid dienone is 4. The maximum absolute atomic E-state index is 12.4. The second-order valence-corrected chi connectivity index (χ2v) is 10.4. The Morgan fingerprint density at radius 1 is 0.875 bits per heavy atom. The van der Waals surface area contributed by atoms with Crippen LogP contribution >= 0.6 is 23.5 Å². The van der Waals surface area contributed by atoms with E-state index in [1.165, 1.54) is 12.2 Å². The van der Waals surface area contributed by atoms with Crippen molar-refractivity contribution in [3.05, 3.63) is 67.8 Å². The molecule has 2 rings (SSSR count). The molecule has 0 aliphatic heterocycles. The molecule has 0 spiro atoms. The van der Waals surface area contributed by atoms with Gasteiger partial charge in [-0.25, -0.2) is 0 Å². The molecule has 0 aromatic rings. The van der Waals surface area contributed by atoms with Gasteiger partial charge < -0.3 is 10.2 Å². The van der Waals surface area contributed by atoms with E-state index < -0.39 is 9.74 Å². The summed E-state index contributed by atoms with van der Waals surface area (Å²) >= 11 is 2.16. The van der Waals surface area contributed by atoms with Crippen LogP contribution in [-0.2, 0) is 4.79 Å². The van der Waals surface area contributed by atoms with Crippen LogP contribution in [0.2, 0.25) is 0 Å². The van der Waals surface area contributed by atoms with E-state index in [1.807, 2.05) is 0 Å². The van der Waals surface area contributed by atoms with Crippen LogP contribution in [0.3, 0.4) is 0 Å². The van der Waals surface area contributed by atoms with Gasteiger partial charge >= 0.3 is 0 Å². The largest absolute Gasteiger partial charge is 0.396 e. The van der Waals surface area contributed by atoms with Gasteiger partial charge in [-0.3, -0.25) is 25.0 Å². The van der Waals surface area contributed by atoms with Crippen molar-refractivity contribution in [1.82, 2.24) is 0 Å². The van der Waals surface area contributed by atoms with Crippen molar-refractivity contribution in [2.24, 2.45) is 0 Å². The summed E-state index contributed by atoms with van der Waals surface area (Å²) in [6.45, 7) is -0.292. The number of hydrogen-bond acceptors (Lipinski definition) is 9. The average Bonchev–Trinajstić information content (AvgIpc) is 2.79. The van der Waals surface area contributed by atoms with Crippen molar-refractivity contribution in [3.8, 4) is 0 Å². The topological polar surface area (TPSA) is 144 Å². The first-order valence-electron chi connectivity index (χ1n) is 10.3. The minimum Gasteiger partial charge on any atom is -0.396 e. The highest BCUT2D eigenvalue weighted by molar-refractivity contribution is 8.00. The van der Waals surface area contributed by atoms with Crippen molar-refractivity contribution in [2.75, 3.05) is 24.7 Å². The first-order chi connectivity index (χ1) is 15.3. The maximum atomic E-state index is 12.4. The molecule has 0 aromatic heterocycles. The first kappa shape index (κ1) is 26.3. The minimum atomic E-state index is -1.31. The number of carbonyl (C=O) groups excluding carboxylic acids is 1. The van der Waals surface area contributed by atoms with Crippen molar-refractivity contribution < 1.29 is 24.9 Å². The molecule has 176 valence electrons. The number of Topliss-reactive ketones (excluding diaryl/α,β-unsaturated/α-hetero) is 1. The number of ketones is 1. The lowest BCUT2D eigenvalue weighted by Crippen LogP contribution is -2.35. The molecule has 0 saturated carbocycles. The molecule has 2 atom stereocenters. The summed E-state index contributed by atoms with van der Waals surface area (Å²) in [4.78, 5) is 32.3. The minimum absolute atomic E-state index is 0.000310. The molecular weight excluding hydrogens is 456 g/mol. The number of thioether (sulfide) groups is 2. The summed E-state index contributed by atoms with van der Waals surface area (Å²) in [7, 11) is 0. The first-order valence-corrected chi connectivity index (χ1v) is 12.3. The summed E-state index contributed by atoms with van der Waals surface area (Å²) < 4.78 is 0. The predicted octanol–water partition coefficient (Wildman–Crippen LogP) is 3.29. The van der Waals surface area contributed by atoms with Crippen LogP contribution in [0.1, 0.15) is 38.5 Å². The highest BCUT2D eigenvalue weighted by atomic mass is 32.2. The van der Waals surface area contributed by atoms with Gasteiger partial charge in [0.05, 0.1) is 26.1 Å². The molecule has 0 radical (unpaired) electrons. The number of aliphatic hydroxyl groups is 2. The Hall–Kier alpha value is -1.95. The molecule has 2 N–H and O–H groups in total. The van der Waals surface area contributed by atoms with Gasteiger partial charge in [0.25, 0.3) is 9.74 Å². The van der Waals surface area contributed by atoms with Gasteiger partial charge in [0.15, 0.2) is 0 Å². The zero-order chi connectivity index (χ0) is 23.6. The highest BCUT2D eigenvalue weighted by Crippen LogP contribution is 2.39. The number of carbonyl (C=O) groups is 1. The molecular formula is C21H28N2O7S2. The zero-order valence-electron chi connectivity index (χ0n) is 17.7. The predicted molar refractivity (Wildman–Crippen MR) is 126 cm³/mol. The highest BCUT2D eigenvalue weighted by Gasteiger charge is 2.43. The molecule has 0 bridgehead atoms. The summed E-state index contributed by atoms with van der Waals surface area (Å²) in [5.41, 5.74) is 1.63. The Kier molecular flexibility index (Phi) is 10.1. The van der Waals surface area contributed by atoms with Crippen LogP contribution in [0.15, 0.2) is 47.6 Å². The molecule has 9 nitrogen and oxygen atoms in total. The number of rotatable bonds is 14. The fourth-order valence-corrected chi connectivity index (χ4v) is 5.65. The monoisotopic (exact) mass is 484 g/mol. The third kappa shape index (κ3) is 7.03. The molecule has 2 unspecified atom stereocenters. The molecule has 2 aliphatic carbocycles. The Labute approximate surface area is 195 Å². The summed E-state index contributed by atoms with van der Waals surface area (Å²) in [5, 5.41) is 41.2. The van der Waals surface area contributed by atoms with Crippen LogP contribution in [-0.4, -0.2) is 60.3 Å². The lowest BCUT2D eigenvalue weighted by atomic mass is 9.93. The van der Waals surface area contributed by atoms with Crippen LogP contribution < -0.4 is 0 Å². The van der Waals surface area contributed by atoms with Crippen molar-refractivity contribution in [3.63, 3.8) is 0 Å². The Morgan fingerprint density at radius 2 is 1.28 bits per heavy atom. The molecule has 11 heteroatoms. The van der Waals surface area contributed by atoms with Gasteiger partial charge in [-0.05, 0) is 12.8 Å². The number of nitrogens with zero attached hydrogens (tertiary/aromatic N) is 2. The van der Waals surface area contributed by atoms with Crippen LogP contribution in [0.25, 0.3) is 0 Å². The van der Waals surface area contributed by atoms with E-state index in [1.54, 1.807) is 24.3 Å². The van der Waals surface area contributed by atoms with Gasteiger partial charge in [-0.15, -0.1) is 0 Å². The van der Waals surface area contributed by atoms with Crippen LogP contribution in [0.4, 0.5) is 0 Å². The standard InChI is InChI=1S/C21H28N2O7S2/c24-11-13-31-20(22(27)28)9-1-3-17(15-20)5-7-19(26)8-6-18-4-2-10-21(16-18,23(29)30)32-14-12-25/h1-4,9-10,24-25H,5-8,11-16H2. The fourth-order valence-electron chi connectivity index (χ4n) is 3.62. The van der Waals surface area contributed by atoms with E-state index in [4.69, 9.17) is 10.2 Å². The fraction of sp³-hybridized carbons (Fsp3) is 0.571. The van der Waals surface area contributed by atoms with Gasteiger partial charge in [-0.1, -0.05) is 59.0 Å². The van der Waals surface area contributed by atoms with Gasteiger partial charge in [-0.2, -0.15) is 0 Å². The van der Waals surface area contributed by atoms with E-state index in [2.05, 4.69) is 0 Å². The maximum Gasteiger partial charge on any atom is 0.289 e. The van der Waals surface area contributed by atoms with Gasteiger partial charge in [0, 0.05) is 46.3 Å². The summed E-state index contributed by atoms with van der Waals surface area (Å²) in [5.74, 6) is 0.507. The average molecular weight is 485 g/mol.